The number of carbonyl (C=O) groups is 1. The van der Waals surface area contributed by atoms with Crippen LogP contribution < -0.4 is 5.32 Å². The number of carboxylic acids is 1. The molecule has 0 amide bonds. The molecule has 0 bridgehead atoms. The third-order valence-electron chi connectivity index (χ3n) is 3.36. The maximum atomic E-state index is 10.4. The van der Waals surface area contributed by atoms with Gasteiger partial charge in [-0.25, -0.2) is 4.98 Å². The quantitative estimate of drug-likeness (QED) is 0.819. The number of rotatable bonds is 6. The van der Waals surface area contributed by atoms with Crippen molar-refractivity contribution in [3.63, 3.8) is 0 Å². The van der Waals surface area contributed by atoms with Crippen LogP contribution in [-0.2, 0) is 11.2 Å². The molecule has 4 nitrogen and oxygen atoms in total. The molecule has 1 aliphatic carbocycles. The number of aromatic nitrogens is 1. The summed E-state index contributed by atoms with van der Waals surface area (Å²) < 4.78 is 0. The molecule has 1 saturated carbocycles. The zero-order chi connectivity index (χ0) is 12.5. The highest BCUT2D eigenvalue weighted by Gasteiger charge is 2.45. The summed E-state index contributed by atoms with van der Waals surface area (Å²) in [5.41, 5.74) is 1.35. The molecule has 1 aromatic rings. The van der Waals surface area contributed by atoms with Crippen molar-refractivity contribution in [2.45, 2.75) is 33.1 Å². The van der Waals surface area contributed by atoms with E-state index in [4.69, 9.17) is 5.11 Å². The molecule has 1 heterocycles. The smallest absolute Gasteiger partial charge is 0.303 e. The Kier molecular flexibility index (Phi) is 3.38. The van der Waals surface area contributed by atoms with E-state index < -0.39 is 5.97 Å². The average Bonchev–Trinajstić information content (AvgIpc) is 2.68. The molecular weight excluding hydrogens is 236 g/mol. The molecular formula is C12H18N2O2S. The summed E-state index contributed by atoms with van der Waals surface area (Å²) in [5, 5.41) is 14.8. The first-order chi connectivity index (χ1) is 7.97. The minimum atomic E-state index is -0.771. The molecule has 94 valence electrons. The van der Waals surface area contributed by atoms with Gasteiger partial charge in [0.15, 0.2) is 5.13 Å². The van der Waals surface area contributed by atoms with Crippen LogP contribution in [0.1, 0.15) is 32.4 Å². The molecule has 0 aliphatic heterocycles. The number of aryl methyl sites for hydroxylation is 1. The Morgan fingerprint density at radius 1 is 1.71 bits per heavy atom. The second-order valence-corrected chi connectivity index (χ2v) is 6.17. The summed E-state index contributed by atoms with van der Waals surface area (Å²) in [5.74, 6) is -0.0268. The molecule has 2 rings (SSSR count). The lowest BCUT2D eigenvalue weighted by Crippen LogP contribution is -2.07. The summed E-state index contributed by atoms with van der Waals surface area (Å²) in [4.78, 5) is 14.8. The van der Waals surface area contributed by atoms with E-state index in [1.54, 1.807) is 11.3 Å². The fraction of sp³-hybridized carbons (Fsp3) is 0.667. The maximum Gasteiger partial charge on any atom is 0.303 e. The van der Waals surface area contributed by atoms with Crippen LogP contribution in [0.5, 0.6) is 0 Å². The summed E-state index contributed by atoms with van der Waals surface area (Å²) in [7, 11) is 0. The van der Waals surface area contributed by atoms with Crippen LogP contribution in [0.2, 0.25) is 0 Å². The Morgan fingerprint density at radius 2 is 2.41 bits per heavy atom. The lowest BCUT2D eigenvalue weighted by Gasteiger charge is -2.03. The monoisotopic (exact) mass is 254 g/mol. The van der Waals surface area contributed by atoms with Crippen LogP contribution in [0.25, 0.3) is 0 Å². The van der Waals surface area contributed by atoms with Gasteiger partial charge in [-0.1, -0.05) is 13.8 Å². The van der Waals surface area contributed by atoms with Crippen molar-refractivity contribution >= 4 is 22.4 Å². The molecule has 1 unspecified atom stereocenters. The van der Waals surface area contributed by atoms with E-state index in [0.717, 1.165) is 23.3 Å². The van der Waals surface area contributed by atoms with Crippen LogP contribution in [0.15, 0.2) is 5.38 Å². The first-order valence-electron chi connectivity index (χ1n) is 5.87. The summed E-state index contributed by atoms with van der Waals surface area (Å²) >= 11 is 1.56. The zero-order valence-corrected chi connectivity index (χ0v) is 11.0. The third kappa shape index (κ3) is 3.43. The molecule has 1 aliphatic rings. The summed E-state index contributed by atoms with van der Waals surface area (Å²) in [6, 6.07) is 0. The van der Waals surface area contributed by atoms with Gasteiger partial charge in [-0.2, -0.15) is 0 Å². The van der Waals surface area contributed by atoms with E-state index in [1.165, 1.54) is 6.42 Å². The number of anilines is 1. The van der Waals surface area contributed by atoms with Crippen molar-refractivity contribution in [1.82, 2.24) is 4.98 Å². The number of aliphatic carboxylic acids is 1. The topological polar surface area (TPSA) is 62.2 Å². The highest BCUT2D eigenvalue weighted by molar-refractivity contribution is 7.13. The van der Waals surface area contributed by atoms with Gasteiger partial charge < -0.3 is 10.4 Å². The lowest BCUT2D eigenvalue weighted by atomic mass is 10.1. The van der Waals surface area contributed by atoms with Gasteiger partial charge >= 0.3 is 5.97 Å². The Labute approximate surface area is 105 Å². The zero-order valence-electron chi connectivity index (χ0n) is 10.2. The van der Waals surface area contributed by atoms with Gasteiger partial charge in [0.05, 0.1) is 12.1 Å². The standard InChI is InChI=1S/C12H18N2O2S/c1-12(2)5-8(12)6-13-11-14-9(7-17-11)3-4-10(15)16/h7-8H,3-6H2,1-2H3,(H,13,14)(H,15,16). The highest BCUT2D eigenvalue weighted by Crippen LogP contribution is 2.51. The van der Waals surface area contributed by atoms with Gasteiger partial charge in [0, 0.05) is 18.3 Å². The molecule has 0 aromatic carbocycles. The van der Waals surface area contributed by atoms with E-state index >= 15 is 0 Å². The van der Waals surface area contributed by atoms with Crippen LogP contribution >= 0.6 is 11.3 Å². The Morgan fingerprint density at radius 3 is 3.00 bits per heavy atom. The van der Waals surface area contributed by atoms with E-state index in [1.807, 2.05) is 5.38 Å². The Bertz CT molecular complexity index is 414. The number of thiazole rings is 1. The van der Waals surface area contributed by atoms with Gasteiger partial charge in [0.2, 0.25) is 0 Å². The van der Waals surface area contributed by atoms with Crippen molar-refractivity contribution in [2.24, 2.45) is 11.3 Å². The number of hydrogen-bond acceptors (Lipinski definition) is 4. The largest absolute Gasteiger partial charge is 0.481 e. The van der Waals surface area contributed by atoms with E-state index in [0.29, 0.717) is 11.8 Å². The minimum Gasteiger partial charge on any atom is -0.481 e. The molecule has 0 saturated heterocycles. The average molecular weight is 254 g/mol. The predicted molar refractivity (Wildman–Crippen MR) is 68.4 cm³/mol. The molecule has 17 heavy (non-hydrogen) atoms. The van der Waals surface area contributed by atoms with Gasteiger partial charge in [-0.15, -0.1) is 11.3 Å². The van der Waals surface area contributed by atoms with Crippen LogP contribution in [0.4, 0.5) is 5.13 Å². The normalized spacial score (nSPS) is 21.2. The second kappa shape index (κ2) is 4.64. The molecule has 5 heteroatoms. The van der Waals surface area contributed by atoms with Crippen molar-refractivity contribution in [3.8, 4) is 0 Å². The van der Waals surface area contributed by atoms with E-state index in [-0.39, 0.29) is 6.42 Å². The molecule has 0 radical (unpaired) electrons. The van der Waals surface area contributed by atoms with E-state index in [2.05, 4.69) is 24.1 Å². The van der Waals surface area contributed by atoms with Gasteiger partial charge in [-0.3, -0.25) is 4.79 Å². The van der Waals surface area contributed by atoms with Crippen molar-refractivity contribution < 1.29 is 9.90 Å². The number of carboxylic acid groups (broad SMARTS) is 1. The first kappa shape index (κ1) is 12.4. The van der Waals surface area contributed by atoms with Crippen molar-refractivity contribution in [3.05, 3.63) is 11.1 Å². The molecule has 1 atom stereocenters. The van der Waals surface area contributed by atoms with Crippen LogP contribution in [0, 0.1) is 11.3 Å². The minimum absolute atomic E-state index is 0.152. The number of nitrogens with one attached hydrogen (secondary N) is 1. The lowest BCUT2D eigenvalue weighted by molar-refractivity contribution is -0.136. The fourth-order valence-electron chi connectivity index (χ4n) is 1.87. The Hall–Kier alpha value is -1.10. The second-order valence-electron chi connectivity index (χ2n) is 5.31. The van der Waals surface area contributed by atoms with Gasteiger partial charge in [0.25, 0.3) is 0 Å². The number of hydrogen-bond donors (Lipinski definition) is 2. The predicted octanol–water partition coefficient (Wildman–Crippen LogP) is 2.62. The Balaban J connectivity index is 1.76. The summed E-state index contributed by atoms with van der Waals surface area (Å²) in [6.45, 7) is 5.53. The fourth-order valence-corrected chi connectivity index (χ4v) is 2.63. The van der Waals surface area contributed by atoms with Crippen molar-refractivity contribution in [2.75, 3.05) is 11.9 Å². The number of nitrogens with zero attached hydrogens (tertiary/aromatic N) is 1. The summed E-state index contributed by atoms with van der Waals surface area (Å²) in [6.07, 6.45) is 1.94. The van der Waals surface area contributed by atoms with Gasteiger partial charge in [-0.05, 0) is 17.8 Å². The van der Waals surface area contributed by atoms with Crippen LogP contribution in [-0.4, -0.2) is 22.6 Å². The molecule has 0 spiro atoms. The third-order valence-corrected chi connectivity index (χ3v) is 4.21. The maximum absolute atomic E-state index is 10.4. The van der Waals surface area contributed by atoms with Crippen molar-refractivity contribution in [1.29, 1.82) is 0 Å². The molecule has 1 fully saturated rings. The SMILES string of the molecule is CC1(C)CC1CNc1nc(CCC(=O)O)cs1. The van der Waals surface area contributed by atoms with Gasteiger partial charge in [0.1, 0.15) is 0 Å². The molecule has 2 N–H and O–H groups in total. The van der Waals surface area contributed by atoms with E-state index in [9.17, 15) is 4.79 Å². The molecule has 1 aromatic heterocycles. The highest BCUT2D eigenvalue weighted by atomic mass is 32.1. The first-order valence-corrected chi connectivity index (χ1v) is 6.75. The van der Waals surface area contributed by atoms with Crippen LogP contribution in [0.3, 0.4) is 0 Å².